The van der Waals surface area contributed by atoms with Crippen LogP contribution in [0.3, 0.4) is 0 Å². The average molecular weight is 346 g/mol. The highest BCUT2D eigenvalue weighted by atomic mass is 19.3. The number of piperazine rings is 1. The first-order valence-corrected chi connectivity index (χ1v) is 7.91. The highest BCUT2D eigenvalue weighted by Gasteiger charge is 2.21. The number of hydrogen-bond acceptors (Lipinski definition) is 6. The van der Waals surface area contributed by atoms with Crippen molar-refractivity contribution in [2.24, 2.45) is 0 Å². The molecule has 2 aromatic heterocycles. The van der Waals surface area contributed by atoms with Gasteiger partial charge in [-0.3, -0.25) is 0 Å². The molecule has 130 valence electrons. The minimum atomic E-state index is -2.72. The van der Waals surface area contributed by atoms with E-state index in [-0.39, 0.29) is 5.75 Å². The summed E-state index contributed by atoms with van der Waals surface area (Å²) < 4.78 is 27.0. The van der Waals surface area contributed by atoms with E-state index in [0.29, 0.717) is 24.6 Å². The average Bonchev–Trinajstić information content (AvgIpc) is 3.05. The summed E-state index contributed by atoms with van der Waals surface area (Å²) in [4.78, 5) is 4.20. The van der Waals surface area contributed by atoms with Crippen LogP contribution in [0.4, 0.5) is 20.3 Å². The molecule has 1 saturated heterocycles. The van der Waals surface area contributed by atoms with Gasteiger partial charge in [0.1, 0.15) is 11.6 Å². The smallest absolute Gasteiger partial charge is 0.299 e. The van der Waals surface area contributed by atoms with Crippen LogP contribution in [-0.4, -0.2) is 51.1 Å². The molecule has 25 heavy (non-hydrogen) atoms. The van der Waals surface area contributed by atoms with Crippen molar-refractivity contribution in [3.63, 3.8) is 0 Å². The number of rotatable bonds is 3. The minimum absolute atomic E-state index is 0.235. The molecular formula is C16H16F2N6O. The Morgan fingerprint density at radius 1 is 0.960 bits per heavy atom. The third-order valence-corrected chi connectivity index (χ3v) is 4.27. The summed E-state index contributed by atoms with van der Waals surface area (Å²) in [6, 6.07) is 10.5. The number of phenols is 1. The van der Waals surface area contributed by atoms with Crippen LogP contribution < -0.4 is 9.80 Å². The molecule has 1 fully saturated rings. The van der Waals surface area contributed by atoms with Gasteiger partial charge in [0, 0.05) is 37.9 Å². The van der Waals surface area contributed by atoms with Gasteiger partial charge < -0.3 is 14.9 Å². The molecule has 1 aromatic carbocycles. The molecule has 1 N–H and O–H groups in total. The molecule has 0 bridgehead atoms. The van der Waals surface area contributed by atoms with Gasteiger partial charge in [0.15, 0.2) is 5.65 Å². The van der Waals surface area contributed by atoms with Crippen molar-refractivity contribution in [2.75, 3.05) is 36.0 Å². The summed E-state index contributed by atoms with van der Waals surface area (Å²) in [5.41, 5.74) is 1.26. The topological polar surface area (TPSA) is 69.8 Å². The van der Waals surface area contributed by atoms with Gasteiger partial charge in [-0.1, -0.05) is 6.07 Å². The lowest BCUT2D eigenvalue weighted by molar-refractivity contribution is 0.137. The fourth-order valence-corrected chi connectivity index (χ4v) is 2.98. The molecule has 0 unspecified atom stereocenters. The molecule has 3 aromatic rings. The van der Waals surface area contributed by atoms with E-state index in [0.717, 1.165) is 23.3 Å². The van der Waals surface area contributed by atoms with Gasteiger partial charge in [-0.05, 0) is 24.3 Å². The number of anilines is 2. The lowest BCUT2D eigenvalue weighted by Crippen LogP contribution is -2.47. The van der Waals surface area contributed by atoms with Gasteiger partial charge >= 0.3 is 0 Å². The van der Waals surface area contributed by atoms with Gasteiger partial charge in [-0.15, -0.1) is 15.3 Å². The predicted octanol–water partition coefficient (Wildman–Crippen LogP) is 2.09. The molecule has 7 nitrogen and oxygen atoms in total. The third kappa shape index (κ3) is 2.92. The first-order chi connectivity index (χ1) is 12.1. The van der Waals surface area contributed by atoms with Crippen LogP contribution in [0.1, 0.15) is 12.2 Å². The van der Waals surface area contributed by atoms with Gasteiger partial charge in [0.05, 0.1) is 0 Å². The summed E-state index contributed by atoms with van der Waals surface area (Å²) in [5.74, 6) is 0.402. The van der Waals surface area contributed by atoms with Crippen molar-refractivity contribution in [1.29, 1.82) is 0 Å². The maximum Gasteiger partial charge on any atom is 0.299 e. The van der Waals surface area contributed by atoms with E-state index in [9.17, 15) is 13.9 Å². The van der Waals surface area contributed by atoms with Crippen LogP contribution in [0.5, 0.6) is 5.75 Å². The first kappa shape index (κ1) is 15.6. The number of alkyl halides is 2. The molecule has 0 atom stereocenters. The van der Waals surface area contributed by atoms with Crippen LogP contribution >= 0.6 is 0 Å². The Morgan fingerprint density at radius 2 is 1.72 bits per heavy atom. The lowest BCUT2D eigenvalue weighted by Gasteiger charge is -2.36. The molecule has 4 rings (SSSR count). The largest absolute Gasteiger partial charge is 0.508 e. The van der Waals surface area contributed by atoms with E-state index in [1.807, 2.05) is 17.0 Å². The van der Waals surface area contributed by atoms with E-state index >= 15 is 0 Å². The van der Waals surface area contributed by atoms with Gasteiger partial charge in [-0.2, -0.15) is 4.52 Å². The van der Waals surface area contributed by atoms with E-state index in [1.165, 1.54) is 0 Å². The normalized spacial score (nSPS) is 15.3. The number of halogens is 2. The van der Waals surface area contributed by atoms with Crippen LogP contribution in [0.2, 0.25) is 0 Å². The second-order valence-corrected chi connectivity index (χ2v) is 5.81. The first-order valence-electron chi connectivity index (χ1n) is 7.91. The summed E-state index contributed by atoms with van der Waals surface area (Å²) in [6.45, 7) is 2.88. The van der Waals surface area contributed by atoms with Crippen molar-refractivity contribution in [3.8, 4) is 5.75 Å². The minimum Gasteiger partial charge on any atom is -0.508 e. The van der Waals surface area contributed by atoms with Crippen LogP contribution in [-0.2, 0) is 0 Å². The number of phenolic OH excluding ortho intramolecular Hbond substituents is 1. The molecular weight excluding hydrogens is 330 g/mol. The molecule has 9 heteroatoms. The predicted molar refractivity (Wildman–Crippen MR) is 88.3 cm³/mol. The van der Waals surface area contributed by atoms with Crippen LogP contribution in [0, 0.1) is 0 Å². The lowest BCUT2D eigenvalue weighted by atomic mass is 10.2. The number of hydrogen-bond donors (Lipinski definition) is 1. The van der Waals surface area contributed by atoms with Crippen molar-refractivity contribution >= 4 is 17.2 Å². The summed E-state index contributed by atoms with van der Waals surface area (Å²) in [6.07, 6.45) is -2.72. The number of benzene rings is 1. The maximum atomic E-state index is 13.0. The van der Waals surface area contributed by atoms with Crippen molar-refractivity contribution in [1.82, 2.24) is 19.8 Å². The zero-order chi connectivity index (χ0) is 17.4. The summed E-state index contributed by atoms with van der Waals surface area (Å²) in [7, 11) is 0. The van der Waals surface area contributed by atoms with Crippen molar-refractivity contribution in [3.05, 3.63) is 42.2 Å². The molecule has 3 heterocycles. The Kier molecular flexibility index (Phi) is 3.83. The van der Waals surface area contributed by atoms with Crippen molar-refractivity contribution < 1.29 is 13.9 Å². The number of fused-ring (bicyclic) bond motifs is 1. The van der Waals surface area contributed by atoms with Gasteiger partial charge in [0.25, 0.3) is 6.43 Å². The van der Waals surface area contributed by atoms with E-state index in [2.05, 4.69) is 20.2 Å². The fraction of sp³-hybridized carbons (Fsp3) is 0.312. The molecule has 0 aliphatic carbocycles. The van der Waals surface area contributed by atoms with Gasteiger partial charge in [-0.25, -0.2) is 8.78 Å². The van der Waals surface area contributed by atoms with Crippen molar-refractivity contribution in [2.45, 2.75) is 6.43 Å². The van der Waals surface area contributed by atoms with Gasteiger partial charge in [0.2, 0.25) is 5.82 Å². The standard InChI is InChI=1S/C16H16F2N6O/c17-15(18)16-20-19-13-4-5-14(21-24(13)16)23-8-6-22(7-9-23)11-2-1-3-12(25)10-11/h1-5,10,15,25H,6-9H2. The zero-order valence-corrected chi connectivity index (χ0v) is 13.3. The number of aromatic hydroxyl groups is 1. The molecule has 0 radical (unpaired) electrons. The van der Waals surface area contributed by atoms with Crippen LogP contribution in [0.25, 0.3) is 5.65 Å². The Balaban J connectivity index is 1.52. The molecule has 0 amide bonds. The molecule has 0 spiro atoms. The Labute approximate surface area is 142 Å². The zero-order valence-electron chi connectivity index (χ0n) is 13.3. The Hall–Kier alpha value is -2.97. The molecule has 1 aliphatic rings. The SMILES string of the molecule is Oc1cccc(N2CCN(c3ccc4nnc(C(F)F)n4n3)CC2)c1. The fourth-order valence-electron chi connectivity index (χ4n) is 2.98. The molecule has 0 saturated carbocycles. The van der Waals surface area contributed by atoms with E-state index < -0.39 is 12.2 Å². The second kappa shape index (κ2) is 6.15. The monoisotopic (exact) mass is 346 g/mol. The Bertz CT molecular complexity index is 891. The maximum absolute atomic E-state index is 13.0. The highest BCUT2D eigenvalue weighted by Crippen LogP contribution is 2.23. The third-order valence-electron chi connectivity index (χ3n) is 4.27. The molecule has 1 aliphatic heterocycles. The second-order valence-electron chi connectivity index (χ2n) is 5.81. The summed E-state index contributed by atoms with van der Waals surface area (Å²) >= 11 is 0. The Morgan fingerprint density at radius 3 is 2.44 bits per heavy atom. The van der Waals surface area contributed by atoms with E-state index in [4.69, 9.17) is 0 Å². The highest BCUT2D eigenvalue weighted by molar-refractivity contribution is 5.53. The number of nitrogens with zero attached hydrogens (tertiary/aromatic N) is 6. The number of aromatic nitrogens is 4. The van der Waals surface area contributed by atoms with Crippen LogP contribution in [0.15, 0.2) is 36.4 Å². The quantitative estimate of drug-likeness (QED) is 0.783. The summed E-state index contributed by atoms with van der Waals surface area (Å²) in [5, 5.41) is 21.1. The van der Waals surface area contributed by atoms with E-state index in [1.54, 1.807) is 24.3 Å².